The van der Waals surface area contributed by atoms with Gasteiger partial charge < -0.3 is 10.4 Å². The maximum absolute atomic E-state index is 13.4. The topological polar surface area (TPSA) is 58.0 Å². The van der Waals surface area contributed by atoms with Gasteiger partial charge in [0.15, 0.2) is 0 Å². The minimum absolute atomic E-state index is 0.162. The number of aromatic hydroxyl groups is 1. The smallest absolute Gasteiger partial charge is 0.143 e. The van der Waals surface area contributed by atoms with E-state index in [4.69, 9.17) is 0 Å². The molecule has 0 amide bonds. The number of phenolic OH excluding ortho intramolecular Hbond substituents is 1. The highest BCUT2D eigenvalue weighted by Crippen LogP contribution is 2.42. The second-order valence-electron chi connectivity index (χ2n) is 6.49. The molecule has 0 radical (unpaired) electrons. The van der Waals surface area contributed by atoms with Crippen molar-refractivity contribution in [2.75, 3.05) is 5.32 Å². The maximum Gasteiger partial charge on any atom is 0.143 e. The third kappa shape index (κ3) is 3.24. The molecule has 4 nitrogen and oxygen atoms in total. The molecule has 0 saturated heterocycles. The van der Waals surface area contributed by atoms with Gasteiger partial charge >= 0.3 is 0 Å². The summed E-state index contributed by atoms with van der Waals surface area (Å²) < 4.78 is 13.4. The first-order chi connectivity index (χ1) is 12.9. The van der Waals surface area contributed by atoms with Crippen molar-refractivity contribution < 1.29 is 9.50 Å². The number of nitrogens with zero attached hydrogens (tertiary/aromatic N) is 2. The molecule has 0 unspecified atom stereocenters. The molecular formula is C21H18FN3OS. The lowest BCUT2D eigenvalue weighted by molar-refractivity contribution is 0.477. The molecular weight excluding hydrogens is 361 g/mol. The second kappa shape index (κ2) is 6.63. The fraction of sp³-hybridized carbons (Fsp3) is 0.143. The first-order valence-corrected chi connectivity index (χ1v) is 9.34. The lowest BCUT2D eigenvalue weighted by atomic mass is 10.0. The van der Waals surface area contributed by atoms with E-state index >= 15 is 0 Å². The van der Waals surface area contributed by atoms with Crippen LogP contribution < -0.4 is 5.32 Å². The van der Waals surface area contributed by atoms with Crippen LogP contribution in [-0.4, -0.2) is 15.1 Å². The number of phenols is 1. The lowest BCUT2D eigenvalue weighted by Crippen LogP contribution is -1.99. The van der Waals surface area contributed by atoms with Gasteiger partial charge in [-0.05, 0) is 56.2 Å². The zero-order valence-corrected chi connectivity index (χ0v) is 16.0. The van der Waals surface area contributed by atoms with E-state index in [2.05, 4.69) is 15.3 Å². The predicted octanol–water partition coefficient (Wildman–Crippen LogP) is 5.87. The monoisotopic (exact) mass is 379 g/mol. The van der Waals surface area contributed by atoms with Crippen LogP contribution in [0.25, 0.3) is 21.3 Å². The molecule has 0 aliphatic carbocycles. The zero-order valence-electron chi connectivity index (χ0n) is 15.2. The highest BCUT2D eigenvalue weighted by Gasteiger charge is 2.18. The van der Waals surface area contributed by atoms with E-state index in [9.17, 15) is 9.50 Å². The van der Waals surface area contributed by atoms with Crippen LogP contribution in [0.1, 0.15) is 16.3 Å². The van der Waals surface area contributed by atoms with Crippen molar-refractivity contribution >= 4 is 33.1 Å². The number of benzene rings is 2. The van der Waals surface area contributed by atoms with Crippen LogP contribution in [0, 0.1) is 26.6 Å². The molecule has 4 aromatic rings. The Hall–Kier alpha value is -2.99. The Morgan fingerprint density at radius 2 is 1.74 bits per heavy atom. The summed E-state index contributed by atoms with van der Waals surface area (Å²) >= 11 is 1.58. The third-order valence-electron chi connectivity index (χ3n) is 4.38. The molecule has 0 saturated carbocycles. The number of thiophene rings is 1. The Labute approximate surface area is 160 Å². The summed E-state index contributed by atoms with van der Waals surface area (Å²) in [6.07, 6.45) is 0. The summed E-state index contributed by atoms with van der Waals surface area (Å²) in [5, 5.41) is 14.4. The first kappa shape index (κ1) is 17.4. The number of aromatic nitrogens is 2. The normalized spacial score (nSPS) is 11.1. The van der Waals surface area contributed by atoms with E-state index in [0.29, 0.717) is 17.3 Å². The maximum atomic E-state index is 13.4. The zero-order chi connectivity index (χ0) is 19.1. The van der Waals surface area contributed by atoms with Gasteiger partial charge in [-0.15, -0.1) is 11.3 Å². The van der Waals surface area contributed by atoms with Crippen molar-refractivity contribution in [1.29, 1.82) is 0 Å². The largest absolute Gasteiger partial charge is 0.506 e. The van der Waals surface area contributed by atoms with E-state index in [-0.39, 0.29) is 11.6 Å². The van der Waals surface area contributed by atoms with Crippen LogP contribution in [0.2, 0.25) is 0 Å². The lowest BCUT2D eigenvalue weighted by Gasteiger charge is -2.12. The van der Waals surface area contributed by atoms with Gasteiger partial charge in [0, 0.05) is 10.4 Å². The van der Waals surface area contributed by atoms with Crippen molar-refractivity contribution in [1.82, 2.24) is 9.97 Å². The molecule has 2 N–H and O–H groups in total. The Balaban J connectivity index is 1.93. The van der Waals surface area contributed by atoms with Crippen LogP contribution >= 0.6 is 11.3 Å². The summed E-state index contributed by atoms with van der Waals surface area (Å²) in [5.74, 6) is 1.16. The summed E-state index contributed by atoms with van der Waals surface area (Å²) in [6.45, 7) is 5.78. The summed E-state index contributed by atoms with van der Waals surface area (Å²) in [7, 11) is 0. The fourth-order valence-corrected chi connectivity index (χ4v) is 4.24. The average molecular weight is 379 g/mol. The highest BCUT2D eigenvalue weighted by molar-refractivity contribution is 7.19. The van der Waals surface area contributed by atoms with Crippen LogP contribution in [0.15, 0.2) is 42.5 Å². The molecule has 0 aliphatic heterocycles. The van der Waals surface area contributed by atoms with E-state index in [1.165, 1.54) is 12.1 Å². The van der Waals surface area contributed by atoms with Crippen molar-refractivity contribution in [3.05, 3.63) is 64.5 Å². The molecule has 27 heavy (non-hydrogen) atoms. The van der Waals surface area contributed by atoms with E-state index < -0.39 is 0 Å². The highest BCUT2D eigenvalue weighted by atomic mass is 32.1. The molecule has 0 bridgehead atoms. The number of rotatable bonds is 3. The van der Waals surface area contributed by atoms with Gasteiger partial charge in [0.1, 0.15) is 28.0 Å². The number of halogens is 1. The van der Waals surface area contributed by atoms with Crippen LogP contribution in [0.5, 0.6) is 5.75 Å². The second-order valence-corrected chi connectivity index (χ2v) is 7.69. The minimum Gasteiger partial charge on any atom is -0.506 e. The SMILES string of the molecule is Cc1ccc(Nc2nc(C)nc3sc(C)c(-c4ccc(F)cc4)c23)c(O)c1. The van der Waals surface area contributed by atoms with E-state index in [1.807, 2.05) is 32.9 Å². The van der Waals surface area contributed by atoms with Gasteiger partial charge in [0.25, 0.3) is 0 Å². The van der Waals surface area contributed by atoms with Crippen LogP contribution in [-0.2, 0) is 0 Å². The number of hydrogen-bond acceptors (Lipinski definition) is 5. The standard InChI is InChI=1S/C21H18FN3OS/c1-11-4-9-16(17(26)10-11)25-20-19-18(14-5-7-15(22)8-6-14)12(2)27-21(19)24-13(3)23-20/h4-10,26H,1-3H3,(H,23,24,25). The predicted molar refractivity (Wildman–Crippen MR) is 108 cm³/mol. The van der Waals surface area contributed by atoms with Gasteiger partial charge in [0.2, 0.25) is 0 Å². The van der Waals surface area contributed by atoms with Crippen molar-refractivity contribution in [3.63, 3.8) is 0 Å². The van der Waals surface area contributed by atoms with Gasteiger partial charge in [-0.2, -0.15) is 0 Å². The Morgan fingerprint density at radius 1 is 1.00 bits per heavy atom. The molecule has 0 spiro atoms. The van der Waals surface area contributed by atoms with E-state index in [0.717, 1.165) is 31.8 Å². The fourth-order valence-electron chi connectivity index (χ4n) is 3.15. The summed E-state index contributed by atoms with van der Waals surface area (Å²) in [5.41, 5.74) is 3.43. The van der Waals surface area contributed by atoms with E-state index in [1.54, 1.807) is 29.5 Å². The number of anilines is 2. The van der Waals surface area contributed by atoms with Gasteiger partial charge in [0.05, 0.1) is 11.1 Å². The molecule has 0 atom stereocenters. The third-order valence-corrected chi connectivity index (χ3v) is 5.38. The first-order valence-electron chi connectivity index (χ1n) is 8.52. The molecule has 0 aliphatic rings. The number of hydrogen-bond donors (Lipinski definition) is 2. The van der Waals surface area contributed by atoms with Crippen molar-refractivity contribution in [2.24, 2.45) is 0 Å². The van der Waals surface area contributed by atoms with Crippen LogP contribution in [0.4, 0.5) is 15.9 Å². The quantitative estimate of drug-likeness (QED) is 0.437. The molecule has 0 fully saturated rings. The number of nitrogens with one attached hydrogen (secondary N) is 1. The van der Waals surface area contributed by atoms with Gasteiger partial charge in [-0.25, -0.2) is 14.4 Å². The van der Waals surface area contributed by atoms with Crippen molar-refractivity contribution in [3.8, 4) is 16.9 Å². The van der Waals surface area contributed by atoms with Crippen molar-refractivity contribution in [2.45, 2.75) is 20.8 Å². The average Bonchev–Trinajstić information content (AvgIpc) is 2.94. The summed E-state index contributed by atoms with van der Waals surface area (Å²) in [4.78, 5) is 11.1. The molecule has 2 aromatic heterocycles. The molecule has 6 heteroatoms. The van der Waals surface area contributed by atoms with Gasteiger partial charge in [-0.3, -0.25) is 0 Å². The molecule has 2 aromatic carbocycles. The molecule has 136 valence electrons. The molecule has 4 rings (SSSR count). The van der Waals surface area contributed by atoms with Gasteiger partial charge in [-0.1, -0.05) is 18.2 Å². The minimum atomic E-state index is -0.272. The van der Waals surface area contributed by atoms with Crippen LogP contribution in [0.3, 0.4) is 0 Å². The Bertz CT molecular complexity index is 1150. The summed E-state index contributed by atoms with van der Waals surface area (Å²) in [6, 6.07) is 11.9. The Kier molecular flexibility index (Phi) is 4.28. The molecule has 2 heterocycles. The number of aryl methyl sites for hydroxylation is 3. The Morgan fingerprint density at radius 3 is 2.44 bits per heavy atom. The number of fused-ring (bicyclic) bond motifs is 1.